The molecule has 32 heavy (non-hydrogen) atoms. The number of halogens is 3. The summed E-state index contributed by atoms with van der Waals surface area (Å²) in [6.07, 6.45) is -4.62. The minimum Gasteiger partial charge on any atom is -0.483 e. The second-order valence-electron chi connectivity index (χ2n) is 7.72. The van der Waals surface area contributed by atoms with Gasteiger partial charge in [-0.25, -0.2) is 0 Å². The van der Waals surface area contributed by atoms with Crippen LogP contribution in [0, 0.1) is 0 Å². The van der Waals surface area contributed by atoms with E-state index in [1.54, 1.807) is 29.2 Å². The largest absolute Gasteiger partial charge is 0.483 e. The number of para-hydroxylation sites is 1. The van der Waals surface area contributed by atoms with E-state index in [1.807, 2.05) is 13.8 Å². The van der Waals surface area contributed by atoms with E-state index >= 15 is 0 Å². The lowest BCUT2D eigenvalue weighted by Crippen LogP contribution is -2.48. The maximum atomic E-state index is 13.0. The van der Waals surface area contributed by atoms with E-state index in [0.29, 0.717) is 18.7 Å². The van der Waals surface area contributed by atoms with Crippen molar-refractivity contribution in [3.63, 3.8) is 0 Å². The maximum absolute atomic E-state index is 13.0. The molecule has 1 fully saturated rings. The molecule has 2 aromatic rings. The summed E-state index contributed by atoms with van der Waals surface area (Å²) in [6, 6.07) is 11.5. The Labute approximate surface area is 184 Å². The fraction of sp³-hybridized carbons (Fsp3) is 0.391. The average Bonchev–Trinajstić information content (AvgIpc) is 2.75. The lowest BCUT2D eigenvalue weighted by molar-refractivity contribution is -0.139. The molecule has 0 saturated carbocycles. The van der Waals surface area contributed by atoms with Gasteiger partial charge in [0.2, 0.25) is 0 Å². The minimum atomic E-state index is -4.57. The number of amides is 2. The lowest BCUT2D eigenvalue weighted by atomic mass is 10.1. The molecule has 0 radical (unpaired) electrons. The van der Waals surface area contributed by atoms with E-state index in [2.05, 4.69) is 5.32 Å². The van der Waals surface area contributed by atoms with E-state index in [0.717, 1.165) is 11.6 Å². The van der Waals surface area contributed by atoms with Gasteiger partial charge in [-0.3, -0.25) is 9.59 Å². The third kappa shape index (κ3) is 6.23. The number of rotatable bonds is 6. The Morgan fingerprint density at radius 2 is 1.69 bits per heavy atom. The summed E-state index contributed by atoms with van der Waals surface area (Å²) in [5, 5.41) is 2.59. The highest BCUT2D eigenvalue weighted by atomic mass is 19.4. The SMILES string of the molecule is CC1CN(C(=O)c2ccc(CNC(=O)COc3ccccc3C(F)(F)F)cc2)CC(C)O1. The predicted molar refractivity (Wildman–Crippen MR) is 111 cm³/mol. The van der Waals surface area contributed by atoms with Gasteiger partial charge in [-0.05, 0) is 43.7 Å². The van der Waals surface area contributed by atoms with Crippen molar-refractivity contribution in [1.82, 2.24) is 10.2 Å². The molecule has 2 aromatic carbocycles. The fourth-order valence-corrected chi connectivity index (χ4v) is 3.51. The first kappa shape index (κ1) is 23.6. The van der Waals surface area contributed by atoms with Crippen LogP contribution in [0.5, 0.6) is 5.75 Å². The minimum absolute atomic E-state index is 0.0255. The number of carbonyl (C=O) groups is 2. The highest BCUT2D eigenvalue weighted by molar-refractivity contribution is 5.94. The molecule has 1 N–H and O–H groups in total. The summed E-state index contributed by atoms with van der Waals surface area (Å²) >= 11 is 0. The van der Waals surface area contributed by atoms with Crippen LogP contribution >= 0.6 is 0 Å². The third-order valence-electron chi connectivity index (χ3n) is 4.95. The van der Waals surface area contributed by atoms with Gasteiger partial charge in [0.1, 0.15) is 5.75 Å². The number of nitrogens with zero attached hydrogens (tertiary/aromatic N) is 1. The van der Waals surface area contributed by atoms with Crippen LogP contribution in [0.3, 0.4) is 0 Å². The highest BCUT2D eigenvalue weighted by Gasteiger charge is 2.34. The Morgan fingerprint density at radius 1 is 1.06 bits per heavy atom. The van der Waals surface area contributed by atoms with Crippen molar-refractivity contribution in [1.29, 1.82) is 0 Å². The first-order valence-corrected chi connectivity index (χ1v) is 10.2. The smallest absolute Gasteiger partial charge is 0.419 e. The van der Waals surface area contributed by atoms with E-state index in [1.165, 1.54) is 18.2 Å². The van der Waals surface area contributed by atoms with Crippen LogP contribution < -0.4 is 10.1 Å². The van der Waals surface area contributed by atoms with Crippen LogP contribution in [0.15, 0.2) is 48.5 Å². The zero-order valence-corrected chi connectivity index (χ0v) is 17.8. The van der Waals surface area contributed by atoms with Crippen molar-refractivity contribution >= 4 is 11.8 Å². The van der Waals surface area contributed by atoms with E-state index in [4.69, 9.17) is 9.47 Å². The molecule has 0 aliphatic carbocycles. The molecule has 0 aromatic heterocycles. The van der Waals surface area contributed by atoms with Gasteiger partial charge in [-0.1, -0.05) is 24.3 Å². The standard InChI is InChI=1S/C23H25F3N2O4/c1-15-12-28(13-16(2)32-15)22(30)18-9-7-17(8-10-18)11-27-21(29)14-31-20-6-4-3-5-19(20)23(24,25)26/h3-10,15-16H,11-14H2,1-2H3,(H,27,29). The molecule has 0 bridgehead atoms. The zero-order chi connectivity index (χ0) is 23.3. The van der Waals surface area contributed by atoms with Gasteiger partial charge >= 0.3 is 6.18 Å². The number of benzene rings is 2. The summed E-state index contributed by atoms with van der Waals surface area (Å²) in [7, 11) is 0. The molecule has 6 nitrogen and oxygen atoms in total. The number of nitrogens with one attached hydrogen (secondary N) is 1. The highest BCUT2D eigenvalue weighted by Crippen LogP contribution is 2.35. The average molecular weight is 450 g/mol. The topological polar surface area (TPSA) is 67.9 Å². The summed E-state index contributed by atoms with van der Waals surface area (Å²) in [6.45, 7) is 4.51. The third-order valence-corrected chi connectivity index (χ3v) is 4.95. The number of hydrogen-bond acceptors (Lipinski definition) is 4. The Bertz CT molecular complexity index is 937. The van der Waals surface area contributed by atoms with Crippen LogP contribution in [0.25, 0.3) is 0 Å². The molecule has 2 amide bonds. The van der Waals surface area contributed by atoms with Crippen LogP contribution in [-0.2, 0) is 22.3 Å². The quantitative estimate of drug-likeness (QED) is 0.730. The molecule has 1 saturated heterocycles. The molecule has 1 heterocycles. The molecular formula is C23H25F3N2O4. The molecule has 2 unspecified atom stereocenters. The number of carbonyl (C=O) groups excluding carboxylic acids is 2. The van der Waals surface area contributed by atoms with Gasteiger partial charge in [0, 0.05) is 25.2 Å². The van der Waals surface area contributed by atoms with Crippen LogP contribution in [0.2, 0.25) is 0 Å². The molecule has 172 valence electrons. The van der Waals surface area contributed by atoms with E-state index in [-0.39, 0.29) is 24.7 Å². The van der Waals surface area contributed by atoms with E-state index < -0.39 is 30.0 Å². The summed E-state index contributed by atoms with van der Waals surface area (Å²) in [5.41, 5.74) is 0.347. The molecular weight excluding hydrogens is 425 g/mol. The van der Waals surface area contributed by atoms with Crippen LogP contribution in [0.1, 0.15) is 35.3 Å². The first-order valence-electron chi connectivity index (χ1n) is 10.2. The Hall–Kier alpha value is -3.07. The molecule has 1 aliphatic heterocycles. The fourth-order valence-electron chi connectivity index (χ4n) is 3.51. The second-order valence-corrected chi connectivity index (χ2v) is 7.72. The summed E-state index contributed by atoms with van der Waals surface area (Å²) in [4.78, 5) is 26.4. The van der Waals surface area contributed by atoms with Crippen molar-refractivity contribution in [2.24, 2.45) is 0 Å². The predicted octanol–water partition coefficient (Wildman–Crippen LogP) is 3.65. The number of ether oxygens (including phenoxy) is 2. The molecule has 3 rings (SSSR count). The lowest BCUT2D eigenvalue weighted by Gasteiger charge is -2.35. The second kappa shape index (κ2) is 10.0. The summed E-state index contributed by atoms with van der Waals surface area (Å²) < 4.78 is 49.6. The molecule has 2 atom stereocenters. The van der Waals surface area contributed by atoms with Gasteiger partial charge in [-0.15, -0.1) is 0 Å². The van der Waals surface area contributed by atoms with Crippen molar-refractivity contribution in [3.8, 4) is 5.75 Å². The van der Waals surface area contributed by atoms with Crippen molar-refractivity contribution < 1.29 is 32.2 Å². The summed E-state index contributed by atoms with van der Waals surface area (Å²) in [5.74, 6) is -1.04. The maximum Gasteiger partial charge on any atom is 0.419 e. The Morgan fingerprint density at radius 3 is 2.31 bits per heavy atom. The van der Waals surface area contributed by atoms with Crippen LogP contribution in [-0.4, -0.2) is 48.6 Å². The van der Waals surface area contributed by atoms with Crippen molar-refractivity contribution in [2.75, 3.05) is 19.7 Å². The Kier molecular flexibility index (Phi) is 7.40. The van der Waals surface area contributed by atoms with Gasteiger partial charge in [-0.2, -0.15) is 13.2 Å². The van der Waals surface area contributed by atoms with E-state index in [9.17, 15) is 22.8 Å². The normalized spacial score (nSPS) is 18.8. The van der Waals surface area contributed by atoms with Crippen molar-refractivity contribution in [3.05, 3.63) is 65.2 Å². The Balaban J connectivity index is 1.50. The number of morpholine rings is 1. The molecule has 9 heteroatoms. The first-order chi connectivity index (χ1) is 15.1. The van der Waals surface area contributed by atoms with Gasteiger partial charge in [0.05, 0.1) is 17.8 Å². The van der Waals surface area contributed by atoms with Gasteiger partial charge in [0.15, 0.2) is 6.61 Å². The van der Waals surface area contributed by atoms with Crippen LogP contribution in [0.4, 0.5) is 13.2 Å². The van der Waals surface area contributed by atoms with Crippen molar-refractivity contribution in [2.45, 2.75) is 38.8 Å². The number of hydrogen-bond donors (Lipinski definition) is 1. The zero-order valence-electron chi connectivity index (χ0n) is 17.8. The molecule has 0 spiro atoms. The number of alkyl halides is 3. The van der Waals surface area contributed by atoms with Gasteiger partial charge in [0.25, 0.3) is 11.8 Å². The molecule has 1 aliphatic rings. The monoisotopic (exact) mass is 450 g/mol. The van der Waals surface area contributed by atoms with Gasteiger partial charge < -0.3 is 19.7 Å².